The molecule has 4 aromatic rings. The highest BCUT2D eigenvalue weighted by Crippen LogP contribution is 2.39. The van der Waals surface area contributed by atoms with Crippen LogP contribution in [0.25, 0.3) is 21.3 Å². The number of thioether (sulfide) groups is 1. The molecule has 0 saturated carbocycles. The van der Waals surface area contributed by atoms with Crippen molar-refractivity contribution in [3.63, 3.8) is 0 Å². The monoisotopic (exact) mass is 435 g/mol. The molecule has 0 bridgehead atoms. The second kappa shape index (κ2) is 8.85. The molecule has 7 heteroatoms. The summed E-state index contributed by atoms with van der Waals surface area (Å²) >= 11 is 3.00. The summed E-state index contributed by atoms with van der Waals surface area (Å²) in [4.78, 5) is 22.5. The van der Waals surface area contributed by atoms with Crippen molar-refractivity contribution in [2.24, 2.45) is 0 Å². The summed E-state index contributed by atoms with van der Waals surface area (Å²) in [6.07, 6.45) is 2.55. The normalized spacial score (nSPS) is 12.1. The zero-order chi connectivity index (χ0) is 21.1. The molecule has 0 aliphatic rings. The van der Waals surface area contributed by atoms with E-state index in [1.54, 1.807) is 41.9 Å². The van der Waals surface area contributed by atoms with Crippen LogP contribution in [-0.4, -0.2) is 26.2 Å². The fourth-order valence-electron chi connectivity index (χ4n) is 3.08. The summed E-state index contributed by atoms with van der Waals surface area (Å²) in [6.45, 7) is 4.00. The molecule has 0 spiro atoms. The van der Waals surface area contributed by atoms with E-state index in [1.165, 1.54) is 17.3 Å². The molecule has 0 saturated heterocycles. The molecule has 152 valence electrons. The lowest BCUT2D eigenvalue weighted by Gasteiger charge is -2.13. The molecule has 0 aliphatic carbocycles. The number of anilines is 1. The van der Waals surface area contributed by atoms with Crippen molar-refractivity contribution in [3.8, 4) is 16.9 Å². The van der Waals surface area contributed by atoms with Crippen LogP contribution in [-0.2, 0) is 11.2 Å². The lowest BCUT2D eigenvalue weighted by molar-refractivity contribution is -0.115. The van der Waals surface area contributed by atoms with Gasteiger partial charge in [-0.05, 0) is 48.7 Å². The zero-order valence-corrected chi connectivity index (χ0v) is 18.3. The number of amides is 1. The molecular weight excluding hydrogens is 414 g/mol. The van der Waals surface area contributed by atoms with Gasteiger partial charge in [-0.15, -0.1) is 11.3 Å². The quantitative estimate of drug-likeness (QED) is 0.229. The first-order chi connectivity index (χ1) is 14.5. The number of benzene rings is 2. The molecule has 2 heterocycles. The minimum absolute atomic E-state index is 0.124. The van der Waals surface area contributed by atoms with Gasteiger partial charge in [-0.1, -0.05) is 43.0 Å². The third-order valence-electron chi connectivity index (χ3n) is 4.80. The number of carbonyl (C=O) groups excluding carboxylic acids is 1. The smallest absolute Gasteiger partial charge is 0.237 e. The van der Waals surface area contributed by atoms with Crippen LogP contribution in [0.3, 0.4) is 0 Å². The van der Waals surface area contributed by atoms with Gasteiger partial charge in [0.05, 0.1) is 10.6 Å². The predicted octanol–water partition coefficient (Wildman–Crippen LogP) is 5.75. The van der Waals surface area contributed by atoms with Gasteiger partial charge < -0.3 is 10.4 Å². The SMILES string of the molecule is CCc1ccc(-c2csc3ncnc(SC(C)C(=O)Nc4ccc(O)cc4)c23)cc1. The Morgan fingerprint density at radius 3 is 2.57 bits per heavy atom. The van der Waals surface area contributed by atoms with E-state index >= 15 is 0 Å². The number of aromatic nitrogens is 2. The van der Waals surface area contributed by atoms with E-state index in [0.717, 1.165) is 32.8 Å². The number of phenols is 1. The molecular formula is C23H21N3O2S2. The first-order valence-electron chi connectivity index (χ1n) is 9.63. The Morgan fingerprint density at radius 2 is 1.87 bits per heavy atom. The Hall–Kier alpha value is -2.90. The number of fused-ring (bicyclic) bond motifs is 1. The molecule has 2 aromatic heterocycles. The van der Waals surface area contributed by atoms with Crippen molar-refractivity contribution >= 4 is 44.9 Å². The van der Waals surface area contributed by atoms with Gasteiger partial charge in [-0.3, -0.25) is 4.79 Å². The number of rotatable bonds is 6. The molecule has 1 amide bonds. The molecule has 30 heavy (non-hydrogen) atoms. The van der Waals surface area contributed by atoms with Crippen molar-refractivity contribution in [2.45, 2.75) is 30.5 Å². The lowest BCUT2D eigenvalue weighted by atomic mass is 10.0. The van der Waals surface area contributed by atoms with E-state index in [1.807, 2.05) is 6.92 Å². The van der Waals surface area contributed by atoms with E-state index in [-0.39, 0.29) is 16.9 Å². The summed E-state index contributed by atoms with van der Waals surface area (Å²) in [5.74, 6) is 0.0392. The van der Waals surface area contributed by atoms with Crippen LogP contribution >= 0.6 is 23.1 Å². The summed E-state index contributed by atoms with van der Waals surface area (Å²) in [5.41, 5.74) is 4.15. The standard InChI is InChI=1S/C23H21N3O2S2/c1-3-15-4-6-16(7-5-15)19-12-29-22-20(19)23(25-13-24-22)30-14(2)21(28)26-17-8-10-18(27)11-9-17/h4-14,27H,3H2,1-2H3,(H,26,28). The number of hydrogen-bond donors (Lipinski definition) is 2. The van der Waals surface area contributed by atoms with Gasteiger partial charge in [0.15, 0.2) is 0 Å². The zero-order valence-electron chi connectivity index (χ0n) is 16.6. The summed E-state index contributed by atoms with van der Waals surface area (Å²) < 4.78 is 0. The fraction of sp³-hybridized carbons (Fsp3) is 0.174. The largest absolute Gasteiger partial charge is 0.508 e. The molecule has 1 atom stereocenters. The van der Waals surface area contributed by atoms with E-state index < -0.39 is 0 Å². The van der Waals surface area contributed by atoms with E-state index in [2.05, 4.69) is 51.9 Å². The molecule has 5 nitrogen and oxygen atoms in total. The van der Waals surface area contributed by atoms with Gasteiger partial charge in [0.2, 0.25) is 5.91 Å². The minimum atomic E-state index is -0.355. The predicted molar refractivity (Wildman–Crippen MR) is 124 cm³/mol. The molecule has 2 N–H and O–H groups in total. The van der Waals surface area contributed by atoms with Crippen LogP contribution in [0.4, 0.5) is 5.69 Å². The number of nitrogens with zero attached hydrogens (tertiary/aromatic N) is 2. The number of thiophene rings is 1. The van der Waals surface area contributed by atoms with Crippen molar-refractivity contribution in [2.75, 3.05) is 5.32 Å². The lowest BCUT2D eigenvalue weighted by Crippen LogP contribution is -2.22. The van der Waals surface area contributed by atoms with Crippen molar-refractivity contribution in [1.82, 2.24) is 9.97 Å². The molecule has 0 aliphatic heterocycles. The first kappa shape index (κ1) is 20.4. The van der Waals surface area contributed by atoms with Crippen LogP contribution in [0.15, 0.2) is 65.3 Å². The maximum Gasteiger partial charge on any atom is 0.237 e. The second-order valence-electron chi connectivity index (χ2n) is 6.86. The van der Waals surface area contributed by atoms with Crippen LogP contribution in [0.5, 0.6) is 5.75 Å². The highest BCUT2D eigenvalue weighted by Gasteiger charge is 2.20. The maximum atomic E-state index is 12.7. The Morgan fingerprint density at radius 1 is 1.13 bits per heavy atom. The second-order valence-corrected chi connectivity index (χ2v) is 9.04. The van der Waals surface area contributed by atoms with Crippen LogP contribution < -0.4 is 5.32 Å². The number of aromatic hydroxyl groups is 1. The highest BCUT2D eigenvalue weighted by molar-refractivity contribution is 8.00. The molecule has 2 aromatic carbocycles. The molecule has 4 rings (SSSR count). The summed E-state index contributed by atoms with van der Waals surface area (Å²) in [5, 5.41) is 15.8. The number of nitrogens with one attached hydrogen (secondary N) is 1. The number of phenolic OH excluding ortho intramolecular Hbond substituents is 1. The maximum absolute atomic E-state index is 12.7. The topological polar surface area (TPSA) is 75.1 Å². The number of hydrogen-bond acceptors (Lipinski definition) is 6. The van der Waals surface area contributed by atoms with Crippen LogP contribution in [0.2, 0.25) is 0 Å². The Balaban J connectivity index is 1.59. The first-order valence-corrected chi connectivity index (χ1v) is 11.4. The van der Waals surface area contributed by atoms with E-state index in [9.17, 15) is 9.90 Å². The molecule has 1 unspecified atom stereocenters. The van der Waals surface area contributed by atoms with Gasteiger partial charge in [0, 0.05) is 16.6 Å². The fourth-order valence-corrected chi connectivity index (χ4v) is 4.99. The Labute approximate surface area is 183 Å². The number of aryl methyl sites for hydroxylation is 1. The highest BCUT2D eigenvalue weighted by atomic mass is 32.2. The average molecular weight is 436 g/mol. The van der Waals surface area contributed by atoms with E-state index in [0.29, 0.717) is 5.69 Å². The third kappa shape index (κ3) is 4.32. The minimum Gasteiger partial charge on any atom is -0.508 e. The molecule has 0 radical (unpaired) electrons. The Bertz CT molecular complexity index is 1170. The van der Waals surface area contributed by atoms with Gasteiger partial charge in [-0.25, -0.2) is 9.97 Å². The summed E-state index contributed by atoms with van der Waals surface area (Å²) in [6, 6.07) is 15.0. The van der Waals surface area contributed by atoms with Gasteiger partial charge in [0.25, 0.3) is 0 Å². The van der Waals surface area contributed by atoms with E-state index in [4.69, 9.17) is 0 Å². The van der Waals surface area contributed by atoms with Crippen LogP contribution in [0.1, 0.15) is 19.4 Å². The summed E-state index contributed by atoms with van der Waals surface area (Å²) in [7, 11) is 0. The Kier molecular flexibility index (Phi) is 6.01. The van der Waals surface area contributed by atoms with Crippen molar-refractivity contribution in [1.29, 1.82) is 0 Å². The number of carbonyl (C=O) groups is 1. The van der Waals surface area contributed by atoms with Gasteiger partial charge in [-0.2, -0.15) is 0 Å². The van der Waals surface area contributed by atoms with Gasteiger partial charge >= 0.3 is 0 Å². The molecule has 0 fully saturated rings. The van der Waals surface area contributed by atoms with Gasteiger partial charge in [0.1, 0.15) is 21.9 Å². The van der Waals surface area contributed by atoms with Crippen molar-refractivity contribution in [3.05, 3.63) is 65.8 Å². The third-order valence-corrected chi connectivity index (χ3v) is 6.79. The van der Waals surface area contributed by atoms with Crippen LogP contribution in [0, 0.1) is 0 Å². The van der Waals surface area contributed by atoms with Crippen molar-refractivity contribution < 1.29 is 9.90 Å². The average Bonchev–Trinajstić information content (AvgIpc) is 3.20.